The third-order valence-electron chi connectivity index (χ3n) is 2.50. The van der Waals surface area contributed by atoms with Gasteiger partial charge in [-0.15, -0.1) is 0 Å². The Bertz CT molecular complexity index is 519. The Morgan fingerprint density at radius 1 is 1.41 bits per heavy atom. The van der Waals surface area contributed by atoms with E-state index >= 15 is 0 Å². The molecule has 5 heteroatoms. The predicted octanol–water partition coefficient (Wildman–Crippen LogP) is 1.59. The molecular formula is C12H16N4O. The van der Waals surface area contributed by atoms with Gasteiger partial charge in [0.05, 0.1) is 24.2 Å². The van der Waals surface area contributed by atoms with E-state index in [1.807, 2.05) is 33.0 Å². The van der Waals surface area contributed by atoms with Gasteiger partial charge < -0.3 is 5.11 Å². The third kappa shape index (κ3) is 2.34. The largest absolute Gasteiger partial charge is 0.390 e. The standard InChI is InChI=1S/C12H16N4O/c1-8(2)12-13-6-11(10(7-17)14-12)16-5-4-9(3)15-16/h4-6,8,17H,7H2,1-3H3. The lowest BCUT2D eigenvalue weighted by atomic mass is 10.2. The lowest BCUT2D eigenvalue weighted by molar-refractivity contribution is 0.275. The Hall–Kier alpha value is -1.75. The molecule has 0 amide bonds. The van der Waals surface area contributed by atoms with Crippen LogP contribution in [0.4, 0.5) is 0 Å². The summed E-state index contributed by atoms with van der Waals surface area (Å²) < 4.78 is 1.69. The van der Waals surface area contributed by atoms with E-state index in [1.54, 1.807) is 10.9 Å². The third-order valence-corrected chi connectivity index (χ3v) is 2.50. The second-order valence-electron chi connectivity index (χ2n) is 4.27. The van der Waals surface area contributed by atoms with Gasteiger partial charge in [0.1, 0.15) is 11.5 Å². The smallest absolute Gasteiger partial charge is 0.131 e. The van der Waals surface area contributed by atoms with Crippen LogP contribution < -0.4 is 0 Å². The maximum Gasteiger partial charge on any atom is 0.131 e. The first-order valence-corrected chi connectivity index (χ1v) is 5.61. The van der Waals surface area contributed by atoms with E-state index in [9.17, 15) is 5.11 Å². The molecule has 0 spiro atoms. The van der Waals surface area contributed by atoms with Crippen LogP contribution in [-0.2, 0) is 6.61 Å². The second kappa shape index (κ2) is 4.63. The molecule has 2 heterocycles. The fourth-order valence-corrected chi connectivity index (χ4v) is 1.56. The van der Waals surface area contributed by atoms with Crippen molar-refractivity contribution in [3.05, 3.63) is 35.7 Å². The van der Waals surface area contributed by atoms with E-state index in [2.05, 4.69) is 15.1 Å². The van der Waals surface area contributed by atoms with Crippen LogP contribution in [0.3, 0.4) is 0 Å². The monoisotopic (exact) mass is 232 g/mol. The highest BCUT2D eigenvalue weighted by atomic mass is 16.3. The molecule has 0 aliphatic carbocycles. The molecule has 0 aliphatic heterocycles. The average Bonchev–Trinajstić information content (AvgIpc) is 2.74. The molecule has 0 aliphatic rings. The van der Waals surface area contributed by atoms with Crippen molar-refractivity contribution in [3.63, 3.8) is 0 Å². The first kappa shape index (κ1) is 11.7. The predicted molar refractivity (Wildman–Crippen MR) is 63.9 cm³/mol. The maximum absolute atomic E-state index is 9.36. The molecule has 90 valence electrons. The van der Waals surface area contributed by atoms with Crippen molar-refractivity contribution in [2.75, 3.05) is 0 Å². The molecule has 5 nitrogen and oxygen atoms in total. The van der Waals surface area contributed by atoms with Crippen LogP contribution in [0.5, 0.6) is 0 Å². The summed E-state index contributed by atoms with van der Waals surface area (Å²) in [6.45, 7) is 5.84. The molecule has 0 atom stereocenters. The average molecular weight is 232 g/mol. The number of rotatable bonds is 3. The highest BCUT2D eigenvalue weighted by molar-refractivity contribution is 5.33. The van der Waals surface area contributed by atoms with Gasteiger partial charge in [-0.3, -0.25) is 0 Å². The van der Waals surface area contributed by atoms with E-state index in [1.165, 1.54) is 0 Å². The van der Waals surface area contributed by atoms with Crippen LogP contribution in [-0.4, -0.2) is 24.9 Å². The maximum atomic E-state index is 9.36. The summed E-state index contributed by atoms with van der Waals surface area (Å²) in [5.74, 6) is 0.982. The lowest BCUT2D eigenvalue weighted by Gasteiger charge is -2.09. The normalized spacial score (nSPS) is 11.1. The zero-order chi connectivity index (χ0) is 12.4. The molecule has 2 rings (SSSR count). The molecule has 0 bridgehead atoms. The molecule has 1 N–H and O–H groups in total. The zero-order valence-electron chi connectivity index (χ0n) is 10.3. The van der Waals surface area contributed by atoms with E-state index in [-0.39, 0.29) is 12.5 Å². The summed E-state index contributed by atoms with van der Waals surface area (Å²) >= 11 is 0. The van der Waals surface area contributed by atoms with E-state index in [0.717, 1.165) is 17.2 Å². The summed E-state index contributed by atoms with van der Waals surface area (Å²) in [7, 11) is 0. The van der Waals surface area contributed by atoms with Crippen molar-refractivity contribution in [3.8, 4) is 5.69 Å². The quantitative estimate of drug-likeness (QED) is 0.872. The lowest BCUT2D eigenvalue weighted by Crippen LogP contribution is -2.08. The minimum atomic E-state index is -0.115. The molecule has 0 saturated carbocycles. The number of nitrogens with zero attached hydrogens (tertiary/aromatic N) is 4. The molecule has 0 saturated heterocycles. The first-order chi connectivity index (χ1) is 8.11. The summed E-state index contributed by atoms with van der Waals surface area (Å²) in [6, 6.07) is 1.90. The Morgan fingerprint density at radius 3 is 2.71 bits per heavy atom. The van der Waals surface area contributed by atoms with Gasteiger partial charge in [-0.25, -0.2) is 14.6 Å². The van der Waals surface area contributed by atoms with Crippen molar-refractivity contribution in [2.24, 2.45) is 0 Å². The fraction of sp³-hybridized carbons (Fsp3) is 0.417. The van der Waals surface area contributed by atoms with Crippen LogP contribution in [0.25, 0.3) is 5.69 Å². The van der Waals surface area contributed by atoms with Gasteiger partial charge in [-0.05, 0) is 13.0 Å². The number of aliphatic hydroxyl groups excluding tert-OH is 1. The minimum absolute atomic E-state index is 0.115. The van der Waals surface area contributed by atoms with Gasteiger partial charge >= 0.3 is 0 Å². The SMILES string of the molecule is Cc1ccn(-c2cnc(C(C)C)nc2CO)n1. The zero-order valence-corrected chi connectivity index (χ0v) is 10.3. The molecule has 2 aromatic heterocycles. The molecule has 0 aromatic carbocycles. The van der Waals surface area contributed by atoms with Crippen molar-refractivity contribution >= 4 is 0 Å². The van der Waals surface area contributed by atoms with Gasteiger partial charge in [0.2, 0.25) is 0 Å². The van der Waals surface area contributed by atoms with Crippen molar-refractivity contribution in [2.45, 2.75) is 33.3 Å². The summed E-state index contributed by atoms with van der Waals surface area (Å²) in [5.41, 5.74) is 2.25. The van der Waals surface area contributed by atoms with E-state index < -0.39 is 0 Å². The van der Waals surface area contributed by atoms with Crippen molar-refractivity contribution in [1.29, 1.82) is 0 Å². The first-order valence-electron chi connectivity index (χ1n) is 5.61. The number of aromatic nitrogens is 4. The van der Waals surface area contributed by atoms with Gasteiger partial charge in [-0.1, -0.05) is 13.8 Å². The van der Waals surface area contributed by atoms with E-state index in [0.29, 0.717) is 5.69 Å². The Morgan fingerprint density at radius 2 is 2.18 bits per heavy atom. The Labute approximate surface area is 100 Å². The summed E-state index contributed by atoms with van der Waals surface area (Å²) in [6.07, 6.45) is 3.54. The second-order valence-corrected chi connectivity index (χ2v) is 4.27. The van der Waals surface area contributed by atoms with Gasteiger partial charge in [0.15, 0.2) is 0 Å². The van der Waals surface area contributed by atoms with Crippen LogP contribution in [0.1, 0.15) is 37.0 Å². The summed E-state index contributed by atoms with van der Waals surface area (Å²) in [4.78, 5) is 8.64. The van der Waals surface area contributed by atoms with Crippen molar-refractivity contribution < 1.29 is 5.11 Å². The highest BCUT2D eigenvalue weighted by Crippen LogP contribution is 2.15. The number of aryl methyl sites for hydroxylation is 1. The molecule has 0 radical (unpaired) electrons. The van der Waals surface area contributed by atoms with Crippen LogP contribution in [0.2, 0.25) is 0 Å². The van der Waals surface area contributed by atoms with Gasteiger partial charge in [0, 0.05) is 12.1 Å². The molecular weight excluding hydrogens is 216 g/mol. The minimum Gasteiger partial charge on any atom is -0.390 e. The van der Waals surface area contributed by atoms with Crippen LogP contribution >= 0.6 is 0 Å². The Kier molecular flexibility index (Phi) is 3.19. The number of hydrogen-bond acceptors (Lipinski definition) is 4. The Balaban J connectivity index is 2.48. The highest BCUT2D eigenvalue weighted by Gasteiger charge is 2.11. The molecule has 17 heavy (non-hydrogen) atoms. The summed E-state index contributed by atoms with van der Waals surface area (Å²) in [5, 5.41) is 13.7. The fourth-order valence-electron chi connectivity index (χ4n) is 1.56. The van der Waals surface area contributed by atoms with Crippen molar-refractivity contribution in [1.82, 2.24) is 19.7 Å². The topological polar surface area (TPSA) is 63.8 Å². The van der Waals surface area contributed by atoms with Gasteiger partial charge in [0.25, 0.3) is 0 Å². The number of aliphatic hydroxyl groups is 1. The number of hydrogen-bond donors (Lipinski definition) is 1. The molecule has 0 unspecified atom stereocenters. The van der Waals surface area contributed by atoms with E-state index in [4.69, 9.17) is 0 Å². The molecule has 0 fully saturated rings. The molecule has 2 aromatic rings. The van der Waals surface area contributed by atoms with Gasteiger partial charge in [-0.2, -0.15) is 5.10 Å². The van der Waals surface area contributed by atoms with Crippen LogP contribution in [0.15, 0.2) is 18.5 Å². The van der Waals surface area contributed by atoms with Crippen LogP contribution in [0, 0.1) is 6.92 Å².